The summed E-state index contributed by atoms with van der Waals surface area (Å²) in [5, 5.41) is 13.7. The molecule has 1 saturated carbocycles. The zero-order chi connectivity index (χ0) is 14.1. The first-order valence-corrected chi connectivity index (χ1v) is 6.79. The Morgan fingerprint density at radius 3 is 2.28 bits per heavy atom. The van der Waals surface area contributed by atoms with E-state index in [1.54, 1.807) is 0 Å². The van der Waals surface area contributed by atoms with Crippen LogP contribution in [0.1, 0.15) is 41.0 Å². The highest BCUT2D eigenvalue weighted by atomic mass is 16.3. The van der Waals surface area contributed by atoms with Crippen LogP contribution in [-0.2, 0) is 4.79 Å². The van der Waals surface area contributed by atoms with Gasteiger partial charge in [-0.25, -0.2) is 0 Å². The maximum Gasteiger partial charge on any atom is 0.295 e. The second-order valence-corrected chi connectivity index (χ2v) is 5.81. The molecule has 0 heterocycles. The van der Waals surface area contributed by atoms with E-state index in [1.807, 2.05) is 6.92 Å². The number of terminal acetylenes is 1. The first-order chi connectivity index (χ1) is 8.29. The molecule has 1 fully saturated rings. The average molecular weight is 251 g/mol. The lowest BCUT2D eigenvalue weighted by molar-refractivity contribution is -0.140. The van der Waals surface area contributed by atoms with Gasteiger partial charge in [0.15, 0.2) is 0 Å². The topological polar surface area (TPSA) is 49.3 Å². The van der Waals surface area contributed by atoms with Crippen LogP contribution in [0.3, 0.4) is 0 Å². The molecule has 0 bridgehead atoms. The molecular weight excluding hydrogens is 226 g/mol. The van der Waals surface area contributed by atoms with Gasteiger partial charge in [0.05, 0.1) is 11.6 Å². The molecule has 6 unspecified atom stereocenters. The van der Waals surface area contributed by atoms with E-state index in [-0.39, 0.29) is 17.9 Å². The summed E-state index contributed by atoms with van der Waals surface area (Å²) in [6.45, 7) is 10.4. The smallest absolute Gasteiger partial charge is 0.295 e. The third-order valence-electron chi connectivity index (χ3n) is 5.28. The van der Waals surface area contributed by atoms with E-state index in [0.717, 1.165) is 0 Å². The van der Waals surface area contributed by atoms with Crippen molar-refractivity contribution in [2.45, 2.75) is 52.7 Å². The molecule has 0 radical (unpaired) electrons. The van der Waals surface area contributed by atoms with Gasteiger partial charge in [-0.15, -0.1) is 6.42 Å². The molecule has 0 aliphatic heterocycles. The average Bonchev–Trinajstić information content (AvgIpc) is 2.38. The molecule has 3 heteroatoms. The van der Waals surface area contributed by atoms with Gasteiger partial charge in [-0.3, -0.25) is 4.79 Å². The SMILES string of the molecule is C#CC(=O)NC1C(C)C(C)C(C)C(C)C1(O)CC. The van der Waals surface area contributed by atoms with Gasteiger partial charge in [0.2, 0.25) is 0 Å². The van der Waals surface area contributed by atoms with Gasteiger partial charge < -0.3 is 10.4 Å². The van der Waals surface area contributed by atoms with Crippen LogP contribution >= 0.6 is 0 Å². The van der Waals surface area contributed by atoms with Gasteiger partial charge in [0.25, 0.3) is 5.91 Å². The van der Waals surface area contributed by atoms with Crippen LogP contribution in [-0.4, -0.2) is 22.7 Å². The van der Waals surface area contributed by atoms with Crippen LogP contribution in [0.25, 0.3) is 0 Å². The Balaban J connectivity index is 3.09. The number of aliphatic hydroxyl groups is 1. The van der Waals surface area contributed by atoms with Gasteiger partial charge in [0.1, 0.15) is 0 Å². The minimum absolute atomic E-state index is 0.136. The van der Waals surface area contributed by atoms with E-state index in [0.29, 0.717) is 18.3 Å². The van der Waals surface area contributed by atoms with E-state index < -0.39 is 11.5 Å². The molecule has 0 aromatic rings. The van der Waals surface area contributed by atoms with Crippen molar-refractivity contribution in [3.8, 4) is 12.3 Å². The molecule has 6 atom stereocenters. The van der Waals surface area contributed by atoms with Gasteiger partial charge in [-0.05, 0) is 36.0 Å². The van der Waals surface area contributed by atoms with E-state index >= 15 is 0 Å². The number of nitrogens with one attached hydrogen (secondary N) is 1. The number of amides is 1. The van der Waals surface area contributed by atoms with Crippen LogP contribution in [0, 0.1) is 36.0 Å². The van der Waals surface area contributed by atoms with Gasteiger partial charge >= 0.3 is 0 Å². The molecule has 102 valence electrons. The van der Waals surface area contributed by atoms with Gasteiger partial charge in [0, 0.05) is 0 Å². The number of hydrogen-bond acceptors (Lipinski definition) is 2. The van der Waals surface area contributed by atoms with Crippen LogP contribution in [0.5, 0.6) is 0 Å². The molecule has 1 amide bonds. The summed E-state index contributed by atoms with van der Waals surface area (Å²) in [6.07, 6.45) is 5.73. The Hall–Kier alpha value is -1.01. The fourth-order valence-electron chi connectivity index (χ4n) is 3.41. The van der Waals surface area contributed by atoms with Crippen molar-refractivity contribution >= 4 is 5.91 Å². The summed E-state index contributed by atoms with van der Waals surface area (Å²) in [5.74, 6) is 2.84. The van der Waals surface area contributed by atoms with Crippen molar-refractivity contribution in [1.29, 1.82) is 0 Å². The monoisotopic (exact) mass is 251 g/mol. The van der Waals surface area contributed by atoms with Crippen LogP contribution < -0.4 is 5.32 Å². The molecule has 0 spiro atoms. The summed E-state index contributed by atoms with van der Waals surface area (Å²) in [7, 11) is 0. The zero-order valence-corrected chi connectivity index (χ0v) is 12.0. The predicted octanol–water partition coefficient (Wildman–Crippen LogP) is 1.80. The third kappa shape index (κ3) is 2.27. The van der Waals surface area contributed by atoms with Crippen molar-refractivity contribution in [2.75, 3.05) is 0 Å². The van der Waals surface area contributed by atoms with Crippen molar-refractivity contribution in [2.24, 2.45) is 23.7 Å². The minimum Gasteiger partial charge on any atom is -0.387 e. The summed E-state index contributed by atoms with van der Waals surface area (Å²) in [5.41, 5.74) is -0.877. The Kier molecular flexibility index (Phi) is 4.45. The first-order valence-electron chi connectivity index (χ1n) is 6.79. The maximum atomic E-state index is 11.5. The van der Waals surface area contributed by atoms with Gasteiger partial charge in [-0.2, -0.15) is 0 Å². The standard InChI is InChI=1S/C15H25NO2/c1-7-13(17)16-14-11(5)9(3)10(4)12(6)15(14,18)8-2/h1,9-12,14,18H,8H2,2-6H3,(H,16,17). The Morgan fingerprint density at radius 1 is 1.28 bits per heavy atom. The molecule has 1 aliphatic carbocycles. The highest BCUT2D eigenvalue weighted by molar-refractivity contribution is 5.93. The lowest BCUT2D eigenvalue weighted by Crippen LogP contribution is -2.65. The molecular formula is C15H25NO2. The number of carbonyl (C=O) groups excluding carboxylic acids is 1. The first kappa shape index (κ1) is 15.0. The number of rotatable bonds is 2. The maximum absolute atomic E-state index is 11.5. The molecule has 1 rings (SSSR count). The second kappa shape index (κ2) is 5.32. The quantitative estimate of drug-likeness (QED) is 0.735. The number of hydrogen-bond donors (Lipinski definition) is 2. The second-order valence-electron chi connectivity index (χ2n) is 5.81. The van der Waals surface area contributed by atoms with Crippen LogP contribution in [0.15, 0.2) is 0 Å². The van der Waals surface area contributed by atoms with Crippen LogP contribution in [0.2, 0.25) is 0 Å². The number of carbonyl (C=O) groups is 1. The lowest BCUT2D eigenvalue weighted by atomic mass is 9.58. The lowest BCUT2D eigenvalue weighted by Gasteiger charge is -2.53. The summed E-state index contributed by atoms with van der Waals surface area (Å²) in [4.78, 5) is 11.5. The Bertz CT molecular complexity index is 360. The van der Waals surface area contributed by atoms with E-state index in [9.17, 15) is 9.90 Å². The summed E-state index contributed by atoms with van der Waals surface area (Å²) in [6, 6.07) is -0.271. The molecule has 0 aromatic heterocycles. The van der Waals surface area contributed by atoms with Crippen molar-refractivity contribution in [1.82, 2.24) is 5.32 Å². The largest absolute Gasteiger partial charge is 0.387 e. The summed E-state index contributed by atoms with van der Waals surface area (Å²) < 4.78 is 0. The molecule has 1 aliphatic rings. The van der Waals surface area contributed by atoms with Gasteiger partial charge in [-0.1, -0.05) is 34.6 Å². The normalized spacial score (nSPS) is 44.2. The fourth-order valence-corrected chi connectivity index (χ4v) is 3.41. The molecule has 0 aromatic carbocycles. The van der Waals surface area contributed by atoms with Crippen molar-refractivity contribution in [3.05, 3.63) is 0 Å². The molecule has 3 nitrogen and oxygen atoms in total. The fraction of sp³-hybridized carbons (Fsp3) is 0.800. The summed E-state index contributed by atoms with van der Waals surface area (Å²) >= 11 is 0. The molecule has 0 saturated heterocycles. The van der Waals surface area contributed by atoms with Crippen LogP contribution in [0.4, 0.5) is 0 Å². The highest BCUT2D eigenvalue weighted by Gasteiger charge is 2.52. The Morgan fingerprint density at radius 2 is 1.83 bits per heavy atom. The van der Waals surface area contributed by atoms with E-state index in [4.69, 9.17) is 6.42 Å². The Labute approximate surface area is 110 Å². The molecule has 2 N–H and O–H groups in total. The van der Waals surface area contributed by atoms with Crippen molar-refractivity contribution in [3.63, 3.8) is 0 Å². The minimum atomic E-state index is -0.877. The highest BCUT2D eigenvalue weighted by Crippen LogP contribution is 2.45. The van der Waals surface area contributed by atoms with E-state index in [1.165, 1.54) is 0 Å². The van der Waals surface area contributed by atoms with Crippen molar-refractivity contribution < 1.29 is 9.90 Å². The molecule has 18 heavy (non-hydrogen) atoms. The zero-order valence-electron chi connectivity index (χ0n) is 12.0. The predicted molar refractivity (Wildman–Crippen MR) is 72.7 cm³/mol. The third-order valence-corrected chi connectivity index (χ3v) is 5.28. The van der Waals surface area contributed by atoms with E-state index in [2.05, 4.69) is 38.9 Å².